The van der Waals surface area contributed by atoms with Crippen molar-refractivity contribution >= 4 is 39.7 Å². The van der Waals surface area contributed by atoms with Gasteiger partial charge < -0.3 is 10.3 Å². The molecule has 0 aliphatic heterocycles. The molecule has 3 aromatic heterocycles. The lowest BCUT2D eigenvalue weighted by molar-refractivity contribution is 0.947. The Kier molecular flexibility index (Phi) is 2.40. The van der Waals surface area contributed by atoms with E-state index in [1.807, 2.05) is 30.5 Å². The fourth-order valence-electron chi connectivity index (χ4n) is 2.25. The van der Waals surface area contributed by atoms with Crippen LogP contribution < -0.4 is 5.32 Å². The van der Waals surface area contributed by atoms with Gasteiger partial charge in [0.15, 0.2) is 5.65 Å². The number of halogens is 1. The van der Waals surface area contributed by atoms with Crippen LogP contribution in [-0.4, -0.2) is 19.6 Å². The lowest BCUT2D eigenvalue weighted by atomic mass is 10.2. The van der Waals surface area contributed by atoms with Crippen molar-refractivity contribution in [1.82, 2.24) is 19.6 Å². The number of hydrogen-bond acceptors (Lipinski definition) is 3. The van der Waals surface area contributed by atoms with Gasteiger partial charge in [-0.15, -0.1) is 0 Å². The van der Waals surface area contributed by atoms with Gasteiger partial charge in [-0.05, 0) is 24.3 Å². The largest absolute Gasteiger partial charge is 0.361 e. The maximum atomic E-state index is 6.03. The molecule has 5 nitrogen and oxygen atoms in total. The third kappa shape index (κ3) is 1.80. The highest BCUT2D eigenvalue weighted by Crippen LogP contribution is 2.23. The summed E-state index contributed by atoms with van der Waals surface area (Å²) in [5.74, 6) is 0.778. The summed E-state index contributed by atoms with van der Waals surface area (Å²) in [6, 6.07) is 11.7. The first-order chi connectivity index (χ1) is 9.79. The summed E-state index contributed by atoms with van der Waals surface area (Å²) < 4.78 is 1.72. The number of hydrogen-bond donors (Lipinski definition) is 2. The molecule has 3 heterocycles. The van der Waals surface area contributed by atoms with E-state index >= 15 is 0 Å². The highest BCUT2D eigenvalue weighted by Gasteiger charge is 2.06. The summed E-state index contributed by atoms with van der Waals surface area (Å²) in [6.45, 7) is 0. The number of aromatic nitrogens is 4. The molecule has 0 aliphatic carbocycles. The minimum Gasteiger partial charge on any atom is -0.361 e. The van der Waals surface area contributed by atoms with Crippen LogP contribution >= 0.6 is 11.6 Å². The van der Waals surface area contributed by atoms with Gasteiger partial charge in [0.1, 0.15) is 11.0 Å². The summed E-state index contributed by atoms with van der Waals surface area (Å²) in [4.78, 5) is 7.37. The normalized spacial score (nSPS) is 11.2. The number of fused-ring (bicyclic) bond motifs is 2. The Bertz CT molecular complexity index is 908. The van der Waals surface area contributed by atoms with E-state index in [2.05, 4.69) is 26.4 Å². The molecular weight excluding hydrogens is 274 g/mol. The van der Waals surface area contributed by atoms with Crippen molar-refractivity contribution in [1.29, 1.82) is 0 Å². The summed E-state index contributed by atoms with van der Waals surface area (Å²) in [5, 5.41) is 9.13. The molecule has 0 saturated carbocycles. The lowest BCUT2D eigenvalue weighted by Gasteiger charge is -2.09. The van der Waals surface area contributed by atoms with Crippen LogP contribution in [0, 0.1) is 0 Å². The Labute approximate surface area is 119 Å². The zero-order valence-electron chi connectivity index (χ0n) is 10.3. The Balaban J connectivity index is 1.81. The third-order valence-corrected chi connectivity index (χ3v) is 3.35. The van der Waals surface area contributed by atoms with Crippen molar-refractivity contribution < 1.29 is 0 Å². The third-order valence-electron chi connectivity index (χ3n) is 3.15. The molecule has 4 aromatic rings. The van der Waals surface area contributed by atoms with Gasteiger partial charge in [0.25, 0.3) is 0 Å². The van der Waals surface area contributed by atoms with E-state index in [4.69, 9.17) is 11.6 Å². The van der Waals surface area contributed by atoms with Crippen LogP contribution in [0.2, 0.25) is 5.15 Å². The van der Waals surface area contributed by atoms with Crippen molar-refractivity contribution in [3.8, 4) is 0 Å². The van der Waals surface area contributed by atoms with Crippen molar-refractivity contribution in [2.75, 3.05) is 5.32 Å². The molecule has 1 aromatic carbocycles. The average molecular weight is 284 g/mol. The van der Waals surface area contributed by atoms with Gasteiger partial charge in [-0.1, -0.05) is 11.6 Å². The smallest absolute Gasteiger partial charge is 0.159 e. The Hall–Kier alpha value is -2.53. The van der Waals surface area contributed by atoms with Crippen LogP contribution in [0.1, 0.15) is 0 Å². The molecule has 0 aliphatic rings. The molecule has 0 bridgehead atoms. The number of H-pyrrole nitrogens is 1. The number of rotatable bonds is 2. The topological polar surface area (TPSA) is 58.0 Å². The van der Waals surface area contributed by atoms with Crippen molar-refractivity contribution in [2.24, 2.45) is 0 Å². The van der Waals surface area contributed by atoms with Gasteiger partial charge in [-0.3, -0.25) is 0 Å². The molecule has 98 valence electrons. The molecule has 0 spiro atoms. The van der Waals surface area contributed by atoms with Crippen LogP contribution in [0.15, 0.2) is 48.8 Å². The van der Waals surface area contributed by atoms with Crippen LogP contribution in [0.5, 0.6) is 0 Å². The molecule has 4 rings (SSSR count). The predicted molar refractivity (Wildman–Crippen MR) is 79.6 cm³/mol. The maximum absolute atomic E-state index is 6.03. The zero-order chi connectivity index (χ0) is 13.5. The standard InChI is InChI=1S/C14H10ClN5/c15-12-8-14(20-13(19-12)4-6-17-20)18-10-1-2-11-9(7-10)3-5-16-11/h1-8,16,18H. The van der Waals surface area contributed by atoms with E-state index in [1.54, 1.807) is 16.8 Å². The fraction of sp³-hybridized carbons (Fsp3) is 0. The Morgan fingerprint density at radius 2 is 2.10 bits per heavy atom. The van der Waals surface area contributed by atoms with Crippen molar-refractivity contribution in [3.05, 3.63) is 53.9 Å². The number of anilines is 2. The minimum absolute atomic E-state index is 0.434. The first-order valence-corrected chi connectivity index (χ1v) is 6.52. The van der Waals surface area contributed by atoms with Crippen LogP contribution in [0.25, 0.3) is 16.6 Å². The van der Waals surface area contributed by atoms with Crippen LogP contribution in [0.4, 0.5) is 11.5 Å². The van der Waals surface area contributed by atoms with Gasteiger partial charge in [-0.2, -0.15) is 9.61 Å². The lowest BCUT2D eigenvalue weighted by Crippen LogP contribution is -2.01. The monoisotopic (exact) mass is 283 g/mol. The second kappa shape index (κ2) is 4.25. The van der Waals surface area contributed by atoms with E-state index in [-0.39, 0.29) is 0 Å². The number of benzene rings is 1. The first-order valence-electron chi connectivity index (χ1n) is 6.14. The second-order valence-corrected chi connectivity index (χ2v) is 4.86. The molecule has 0 unspecified atom stereocenters. The molecule has 0 radical (unpaired) electrons. The highest BCUT2D eigenvalue weighted by atomic mass is 35.5. The van der Waals surface area contributed by atoms with Crippen molar-refractivity contribution in [3.63, 3.8) is 0 Å². The minimum atomic E-state index is 0.434. The van der Waals surface area contributed by atoms with Gasteiger partial charge in [0.2, 0.25) is 0 Å². The Morgan fingerprint density at radius 3 is 3.05 bits per heavy atom. The number of aromatic amines is 1. The summed E-state index contributed by atoms with van der Waals surface area (Å²) >= 11 is 6.03. The van der Waals surface area contributed by atoms with Gasteiger partial charge >= 0.3 is 0 Å². The molecule has 20 heavy (non-hydrogen) atoms. The number of nitrogens with one attached hydrogen (secondary N) is 2. The van der Waals surface area contributed by atoms with Crippen molar-refractivity contribution in [2.45, 2.75) is 0 Å². The molecule has 6 heteroatoms. The van der Waals surface area contributed by atoms with Gasteiger partial charge in [0, 0.05) is 34.9 Å². The average Bonchev–Trinajstić information content (AvgIpc) is 3.05. The van der Waals surface area contributed by atoms with Gasteiger partial charge in [-0.25, -0.2) is 4.98 Å². The second-order valence-electron chi connectivity index (χ2n) is 4.47. The molecule has 0 atom stereocenters. The van der Waals surface area contributed by atoms with Gasteiger partial charge in [0.05, 0.1) is 6.20 Å². The van der Waals surface area contributed by atoms with E-state index in [0.717, 1.165) is 22.4 Å². The molecular formula is C14H10ClN5. The predicted octanol–water partition coefficient (Wildman–Crippen LogP) is 3.61. The van der Waals surface area contributed by atoms with Crippen LogP contribution in [0.3, 0.4) is 0 Å². The highest BCUT2D eigenvalue weighted by molar-refractivity contribution is 6.29. The van der Waals surface area contributed by atoms with E-state index in [1.165, 1.54) is 0 Å². The summed E-state index contributed by atoms with van der Waals surface area (Å²) in [7, 11) is 0. The summed E-state index contributed by atoms with van der Waals surface area (Å²) in [6.07, 6.45) is 3.61. The molecule has 0 amide bonds. The fourth-order valence-corrected chi connectivity index (χ4v) is 2.44. The summed E-state index contributed by atoms with van der Waals surface area (Å²) in [5.41, 5.74) is 2.78. The Morgan fingerprint density at radius 1 is 1.15 bits per heavy atom. The number of nitrogens with zero attached hydrogens (tertiary/aromatic N) is 3. The quantitative estimate of drug-likeness (QED) is 0.553. The zero-order valence-corrected chi connectivity index (χ0v) is 11.1. The van der Waals surface area contributed by atoms with Crippen LogP contribution in [-0.2, 0) is 0 Å². The molecule has 2 N–H and O–H groups in total. The van der Waals surface area contributed by atoms with E-state index < -0.39 is 0 Å². The van der Waals surface area contributed by atoms with E-state index in [0.29, 0.717) is 10.8 Å². The van der Waals surface area contributed by atoms with E-state index in [9.17, 15) is 0 Å². The first kappa shape index (κ1) is 11.3. The molecule has 0 saturated heterocycles. The molecule has 0 fully saturated rings. The maximum Gasteiger partial charge on any atom is 0.159 e. The SMILES string of the molecule is Clc1cc(Nc2ccc3[nH]ccc3c2)n2nccc2n1.